The van der Waals surface area contributed by atoms with E-state index in [1.807, 2.05) is 49.4 Å². The zero-order valence-corrected chi connectivity index (χ0v) is 12.2. The highest BCUT2D eigenvalue weighted by atomic mass is 32.1. The molecule has 0 aliphatic heterocycles. The molecule has 0 aliphatic rings. The van der Waals surface area contributed by atoms with E-state index in [4.69, 9.17) is 9.47 Å². The molecule has 0 radical (unpaired) electrons. The summed E-state index contributed by atoms with van der Waals surface area (Å²) in [4.78, 5) is 4.68. The van der Waals surface area contributed by atoms with Gasteiger partial charge in [0, 0.05) is 0 Å². The van der Waals surface area contributed by atoms with Crippen LogP contribution in [-0.2, 0) is 0 Å². The van der Waals surface area contributed by atoms with Crippen LogP contribution < -0.4 is 9.47 Å². The van der Waals surface area contributed by atoms with Gasteiger partial charge in [0.1, 0.15) is 16.5 Å². The maximum Gasteiger partial charge on any atom is 0.129 e. The molecule has 0 fully saturated rings. The van der Waals surface area contributed by atoms with Crippen molar-refractivity contribution >= 4 is 21.6 Å². The normalized spacial score (nSPS) is 10.7. The number of nitrogens with zero attached hydrogens (tertiary/aromatic N) is 1. The quantitative estimate of drug-likeness (QED) is 0.713. The summed E-state index contributed by atoms with van der Waals surface area (Å²) in [5.41, 5.74) is 2.01. The first-order valence-electron chi connectivity index (χ1n) is 6.48. The number of methoxy groups -OCH3 is 1. The van der Waals surface area contributed by atoms with Crippen LogP contribution in [0.3, 0.4) is 0 Å². The number of fused-ring (bicyclic) bond motifs is 1. The van der Waals surface area contributed by atoms with Crippen LogP contribution in [0.25, 0.3) is 20.8 Å². The van der Waals surface area contributed by atoms with Crippen LogP contribution in [0.4, 0.5) is 0 Å². The minimum atomic E-state index is 0.670. The molecular formula is C16H15NO2S. The molecule has 0 saturated heterocycles. The highest BCUT2D eigenvalue weighted by Crippen LogP contribution is 2.36. The topological polar surface area (TPSA) is 31.4 Å². The second-order valence-corrected chi connectivity index (χ2v) is 5.31. The molecule has 0 unspecified atom stereocenters. The third kappa shape index (κ3) is 2.34. The summed E-state index contributed by atoms with van der Waals surface area (Å²) in [6.45, 7) is 2.65. The highest BCUT2D eigenvalue weighted by molar-refractivity contribution is 7.21. The fraction of sp³-hybridized carbons (Fsp3) is 0.188. The molecular weight excluding hydrogens is 270 g/mol. The fourth-order valence-electron chi connectivity index (χ4n) is 2.10. The van der Waals surface area contributed by atoms with Crippen molar-refractivity contribution in [1.82, 2.24) is 4.98 Å². The molecule has 4 heteroatoms. The maximum atomic E-state index is 5.53. The van der Waals surface area contributed by atoms with Gasteiger partial charge >= 0.3 is 0 Å². The molecule has 0 spiro atoms. The lowest BCUT2D eigenvalue weighted by Crippen LogP contribution is -1.89. The van der Waals surface area contributed by atoms with Gasteiger partial charge < -0.3 is 9.47 Å². The number of para-hydroxylation sites is 1. The monoisotopic (exact) mass is 285 g/mol. The van der Waals surface area contributed by atoms with Gasteiger partial charge in [-0.1, -0.05) is 12.1 Å². The molecule has 0 N–H and O–H groups in total. The van der Waals surface area contributed by atoms with Crippen LogP contribution in [0.2, 0.25) is 0 Å². The smallest absolute Gasteiger partial charge is 0.129 e. The highest BCUT2D eigenvalue weighted by Gasteiger charge is 2.11. The molecule has 0 atom stereocenters. The molecule has 1 heterocycles. The fourth-order valence-corrected chi connectivity index (χ4v) is 3.12. The van der Waals surface area contributed by atoms with Crippen molar-refractivity contribution in [3.8, 4) is 22.1 Å². The van der Waals surface area contributed by atoms with E-state index in [-0.39, 0.29) is 0 Å². The predicted octanol–water partition coefficient (Wildman–Crippen LogP) is 4.37. The lowest BCUT2D eigenvalue weighted by atomic mass is 10.2. The molecule has 0 bridgehead atoms. The number of rotatable bonds is 4. The van der Waals surface area contributed by atoms with E-state index < -0.39 is 0 Å². The largest absolute Gasteiger partial charge is 0.496 e. The van der Waals surface area contributed by atoms with Crippen LogP contribution in [-0.4, -0.2) is 18.7 Å². The maximum absolute atomic E-state index is 5.53. The van der Waals surface area contributed by atoms with Crippen molar-refractivity contribution in [3.05, 3.63) is 42.5 Å². The average Bonchev–Trinajstić information content (AvgIpc) is 2.90. The van der Waals surface area contributed by atoms with E-state index in [0.717, 1.165) is 32.3 Å². The summed E-state index contributed by atoms with van der Waals surface area (Å²) in [6.07, 6.45) is 0. The number of hydrogen-bond donors (Lipinski definition) is 0. The first-order valence-corrected chi connectivity index (χ1v) is 7.30. The lowest BCUT2D eigenvalue weighted by molar-refractivity contribution is 0.341. The molecule has 102 valence electrons. The molecule has 2 aromatic carbocycles. The molecule has 0 amide bonds. The van der Waals surface area contributed by atoms with Gasteiger partial charge in [-0.3, -0.25) is 0 Å². The van der Waals surface area contributed by atoms with Crippen molar-refractivity contribution in [3.63, 3.8) is 0 Å². The molecule has 3 rings (SSSR count). The standard InChI is InChI=1S/C16H15NO2S/c1-3-19-11-8-9-13-15(10-11)20-16(17-13)12-6-4-5-7-14(12)18-2/h4-10H,3H2,1-2H3. The van der Waals surface area contributed by atoms with Crippen molar-refractivity contribution in [2.45, 2.75) is 6.92 Å². The van der Waals surface area contributed by atoms with Gasteiger partial charge in [0.2, 0.25) is 0 Å². The second-order valence-electron chi connectivity index (χ2n) is 4.28. The van der Waals surface area contributed by atoms with E-state index in [1.54, 1.807) is 18.4 Å². The van der Waals surface area contributed by atoms with E-state index in [1.165, 1.54) is 0 Å². The zero-order valence-electron chi connectivity index (χ0n) is 11.4. The van der Waals surface area contributed by atoms with Gasteiger partial charge in [-0.2, -0.15) is 0 Å². The minimum absolute atomic E-state index is 0.670. The van der Waals surface area contributed by atoms with Gasteiger partial charge in [-0.25, -0.2) is 4.98 Å². The van der Waals surface area contributed by atoms with Gasteiger partial charge in [-0.15, -0.1) is 11.3 Å². The van der Waals surface area contributed by atoms with Gasteiger partial charge in [-0.05, 0) is 37.3 Å². The summed E-state index contributed by atoms with van der Waals surface area (Å²) in [5, 5.41) is 0.964. The number of aromatic nitrogens is 1. The summed E-state index contributed by atoms with van der Waals surface area (Å²) in [5.74, 6) is 1.73. The van der Waals surface area contributed by atoms with Crippen LogP contribution >= 0.6 is 11.3 Å². The van der Waals surface area contributed by atoms with Gasteiger partial charge in [0.25, 0.3) is 0 Å². The Morgan fingerprint density at radius 2 is 2.00 bits per heavy atom. The lowest BCUT2D eigenvalue weighted by Gasteiger charge is -2.04. The molecule has 0 saturated carbocycles. The second kappa shape index (κ2) is 5.51. The Morgan fingerprint density at radius 3 is 2.80 bits per heavy atom. The summed E-state index contributed by atoms with van der Waals surface area (Å²) in [7, 11) is 1.68. The van der Waals surface area contributed by atoms with Crippen LogP contribution in [0, 0.1) is 0 Å². The Balaban J connectivity index is 2.08. The van der Waals surface area contributed by atoms with Crippen molar-refractivity contribution in [1.29, 1.82) is 0 Å². The molecule has 3 aromatic rings. The Morgan fingerprint density at radius 1 is 1.15 bits per heavy atom. The molecule has 0 aliphatic carbocycles. The van der Waals surface area contributed by atoms with Gasteiger partial charge in [0.05, 0.1) is 29.5 Å². The van der Waals surface area contributed by atoms with Crippen LogP contribution in [0.15, 0.2) is 42.5 Å². The Bertz CT molecular complexity index is 736. The van der Waals surface area contributed by atoms with E-state index in [0.29, 0.717) is 6.61 Å². The summed E-state index contributed by atoms with van der Waals surface area (Å²) >= 11 is 1.65. The number of benzene rings is 2. The average molecular weight is 285 g/mol. The van der Waals surface area contributed by atoms with Crippen molar-refractivity contribution < 1.29 is 9.47 Å². The predicted molar refractivity (Wildman–Crippen MR) is 82.8 cm³/mol. The number of hydrogen-bond acceptors (Lipinski definition) is 4. The Kier molecular flexibility index (Phi) is 3.56. The first kappa shape index (κ1) is 12.9. The third-order valence-corrected chi connectivity index (χ3v) is 4.06. The summed E-state index contributed by atoms with van der Waals surface area (Å²) in [6, 6.07) is 13.9. The first-order chi connectivity index (χ1) is 9.81. The number of thiazole rings is 1. The molecule has 3 nitrogen and oxygen atoms in total. The molecule has 1 aromatic heterocycles. The SMILES string of the molecule is CCOc1ccc2nc(-c3ccccc3OC)sc2c1. The Labute approximate surface area is 121 Å². The van der Waals surface area contributed by atoms with Crippen molar-refractivity contribution in [2.24, 2.45) is 0 Å². The van der Waals surface area contributed by atoms with E-state index >= 15 is 0 Å². The summed E-state index contributed by atoms with van der Waals surface area (Å²) < 4.78 is 12.1. The minimum Gasteiger partial charge on any atom is -0.496 e. The Hall–Kier alpha value is -2.07. The van der Waals surface area contributed by atoms with Crippen LogP contribution in [0.1, 0.15) is 6.92 Å². The number of ether oxygens (including phenoxy) is 2. The third-order valence-electron chi connectivity index (χ3n) is 3.01. The zero-order chi connectivity index (χ0) is 13.9. The van der Waals surface area contributed by atoms with Gasteiger partial charge in [0.15, 0.2) is 0 Å². The van der Waals surface area contributed by atoms with Crippen LogP contribution in [0.5, 0.6) is 11.5 Å². The van der Waals surface area contributed by atoms with E-state index in [9.17, 15) is 0 Å². The van der Waals surface area contributed by atoms with Crippen molar-refractivity contribution in [2.75, 3.05) is 13.7 Å². The molecule has 20 heavy (non-hydrogen) atoms. The van der Waals surface area contributed by atoms with E-state index in [2.05, 4.69) is 4.98 Å².